The van der Waals surface area contributed by atoms with Crippen molar-refractivity contribution in [1.29, 1.82) is 0 Å². The molecule has 0 aliphatic rings. The molecule has 3 N–H and O–H groups in total. The second-order valence-corrected chi connectivity index (χ2v) is 11.4. The summed E-state index contributed by atoms with van der Waals surface area (Å²) in [7, 11) is 0. The number of nitrogens with two attached hydrogens (primary N) is 1. The third-order valence-corrected chi connectivity index (χ3v) is 8.54. The van der Waals surface area contributed by atoms with E-state index in [9.17, 15) is 14.4 Å². The summed E-state index contributed by atoms with van der Waals surface area (Å²) in [6.07, 6.45) is 0.515. The van der Waals surface area contributed by atoms with Crippen LogP contribution in [0.4, 0.5) is 5.00 Å². The van der Waals surface area contributed by atoms with Crippen molar-refractivity contribution in [3.8, 4) is 11.4 Å². The van der Waals surface area contributed by atoms with E-state index in [0.717, 1.165) is 34.5 Å². The largest absolute Gasteiger partial charge is 0.459 e. The average molecular weight is 558 g/mol. The van der Waals surface area contributed by atoms with Gasteiger partial charge < -0.3 is 20.4 Å². The van der Waals surface area contributed by atoms with Crippen LogP contribution in [0.5, 0.6) is 0 Å². The zero-order valence-electron chi connectivity index (χ0n) is 20.9. The predicted molar refractivity (Wildman–Crippen MR) is 149 cm³/mol. The van der Waals surface area contributed by atoms with Crippen molar-refractivity contribution in [2.75, 3.05) is 11.1 Å². The van der Waals surface area contributed by atoms with Crippen molar-refractivity contribution in [3.63, 3.8) is 0 Å². The quantitative estimate of drug-likeness (QED) is 0.199. The van der Waals surface area contributed by atoms with Gasteiger partial charge >= 0.3 is 5.97 Å². The third kappa shape index (κ3) is 5.71. The molecule has 0 bridgehead atoms. The van der Waals surface area contributed by atoms with Crippen LogP contribution in [0.25, 0.3) is 21.5 Å². The van der Waals surface area contributed by atoms with E-state index in [1.165, 1.54) is 16.5 Å². The number of primary amides is 1. The van der Waals surface area contributed by atoms with Crippen LogP contribution in [-0.2, 0) is 16.1 Å². The van der Waals surface area contributed by atoms with Gasteiger partial charge in [0, 0.05) is 27.6 Å². The number of fused-ring (bicyclic) bond motifs is 1. The molecule has 12 heteroatoms. The van der Waals surface area contributed by atoms with Crippen LogP contribution in [0.3, 0.4) is 0 Å². The minimum Gasteiger partial charge on any atom is -0.459 e. The van der Waals surface area contributed by atoms with E-state index in [0.29, 0.717) is 17.3 Å². The Morgan fingerprint density at radius 3 is 2.68 bits per heavy atom. The molecule has 0 unspecified atom stereocenters. The number of hydrogen-bond acceptors (Lipinski definition) is 9. The fraction of sp³-hybridized carbons (Fsp3) is 0.320. The minimum atomic E-state index is -0.669. The van der Waals surface area contributed by atoms with E-state index >= 15 is 0 Å². The van der Waals surface area contributed by atoms with Gasteiger partial charge in [-0.3, -0.25) is 9.59 Å². The first-order chi connectivity index (χ1) is 17.7. The van der Waals surface area contributed by atoms with Gasteiger partial charge in [0.1, 0.15) is 5.00 Å². The highest BCUT2D eigenvalue weighted by molar-refractivity contribution is 7.99. The Labute approximate surface area is 226 Å². The fourth-order valence-corrected chi connectivity index (χ4v) is 6.59. The molecule has 3 aromatic heterocycles. The SMILES string of the molecule is CCCn1c(SCC(=O)Nc2sc(C(N)=O)c(C)c2C(=O)OC(C)C)nnc1-c1csc2ccccc12. The lowest BCUT2D eigenvalue weighted by atomic mass is 10.1. The van der Waals surface area contributed by atoms with Crippen LogP contribution in [0.1, 0.15) is 52.8 Å². The Kier molecular flexibility index (Phi) is 8.30. The number of anilines is 1. The standard InChI is InChI=1S/C25H27N5O4S3/c1-5-10-30-22(16-11-35-17-9-7-6-8-15(16)17)28-29-25(30)36-12-18(31)27-23-19(24(33)34-13(2)3)14(4)20(37-23)21(26)32/h6-9,11,13H,5,10,12H2,1-4H3,(H2,26,32)(H,27,31). The van der Waals surface area contributed by atoms with E-state index in [-0.39, 0.29) is 33.2 Å². The van der Waals surface area contributed by atoms with Crippen molar-refractivity contribution in [2.24, 2.45) is 5.73 Å². The van der Waals surface area contributed by atoms with Crippen LogP contribution >= 0.6 is 34.4 Å². The highest BCUT2D eigenvalue weighted by Gasteiger charge is 2.27. The summed E-state index contributed by atoms with van der Waals surface area (Å²) in [4.78, 5) is 37.6. The van der Waals surface area contributed by atoms with Crippen LogP contribution < -0.4 is 11.1 Å². The minimum absolute atomic E-state index is 0.0355. The molecule has 0 saturated carbocycles. The normalized spacial score (nSPS) is 11.3. The Hall–Kier alpha value is -3.22. The lowest BCUT2D eigenvalue weighted by Gasteiger charge is -2.11. The van der Waals surface area contributed by atoms with Gasteiger partial charge in [-0.15, -0.1) is 32.9 Å². The molecule has 0 aliphatic carbocycles. The molecule has 4 rings (SSSR count). The number of thiophene rings is 2. The second kappa shape index (κ2) is 11.4. The molecular weight excluding hydrogens is 531 g/mol. The molecule has 0 fully saturated rings. The molecule has 194 valence electrons. The van der Waals surface area contributed by atoms with Gasteiger partial charge in [-0.25, -0.2) is 4.79 Å². The maximum absolute atomic E-state index is 12.9. The van der Waals surface area contributed by atoms with Crippen LogP contribution in [0.2, 0.25) is 0 Å². The molecule has 2 amide bonds. The summed E-state index contributed by atoms with van der Waals surface area (Å²) >= 11 is 3.88. The van der Waals surface area contributed by atoms with Crippen molar-refractivity contribution < 1.29 is 19.1 Å². The Balaban J connectivity index is 1.54. The maximum Gasteiger partial charge on any atom is 0.341 e. The number of carbonyl (C=O) groups excluding carboxylic acids is 3. The smallest absolute Gasteiger partial charge is 0.341 e. The first kappa shape index (κ1) is 26.8. The molecular formula is C25H27N5O4S3. The predicted octanol–water partition coefficient (Wildman–Crippen LogP) is 5.33. The Bertz CT molecular complexity index is 1470. The van der Waals surface area contributed by atoms with E-state index in [4.69, 9.17) is 10.5 Å². The first-order valence-electron chi connectivity index (χ1n) is 11.7. The molecule has 4 aromatic rings. The second-order valence-electron chi connectivity index (χ2n) is 8.52. The number of rotatable bonds is 10. The molecule has 37 heavy (non-hydrogen) atoms. The van der Waals surface area contributed by atoms with Crippen LogP contribution in [-0.4, -0.2) is 44.4 Å². The highest BCUT2D eigenvalue weighted by atomic mass is 32.2. The van der Waals surface area contributed by atoms with Crippen molar-refractivity contribution in [1.82, 2.24) is 14.8 Å². The number of carbonyl (C=O) groups is 3. The molecule has 9 nitrogen and oxygen atoms in total. The summed E-state index contributed by atoms with van der Waals surface area (Å²) in [5, 5.41) is 15.6. The summed E-state index contributed by atoms with van der Waals surface area (Å²) < 4.78 is 8.51. The van der Waals surface area contributed by atoms with Gasteiger partial charge in [-0.2, -0.15) is 0 Å². The summed E-state index contributed by atoms with van der Waals surface area (Å²) in [5.41, 5.74) is 7.02. The van der Waals surface area contributed by atoms with Crippen molar-refractivity contribution >= 4 is 67.3 Å². The lowest BCUT2D eigenvalue weighted by Crippen LogP contribution is -2.18. The zero-order chi connectivity index (χ0) is 26.7. The third-order valence-electron chi connectivity index (χ3n) is 5.39. The number of amides is 2. The van der Waals surface area contributed by atoms with Gasteiger partial charge in [-0.05, 0) is 38.8 Å². The number of benzene rings is 1. The van der Waals surface area contributed by atoms with Gasteiger partial charge in [0.25, 0.3) is 5.91 Å². The molecule has 3 heterocycles. The number of aromatic nitrogens is 3. The summed E-state index contributed by atoms with van der Waals surface area (Å²) in [6, 6.07) is 8.15. The lowest BCUT2D eigenvalue weighted by molar-refractivity contribution is -0.113. The highest BCUT2D eigenvalue weighted by Crippen LogP contribution is 2.36. The van der Waals surface area contributed by atoms with Crippen LogP contribution in [0, 0.1) is 6.92 Å². The monoisotopic (exact) mass is 557 g/mol. The first-order valence-corrected chi connectivity index (χ1v) is 14.4. The number of thioether (sulfide) groups is 1. The van der Waals surface area contributed by atoms with Crippen LogP contribution in [0.15, 0.2) is 34.8 Å². The van der Waals surface area contributed by atoms with Gasteiger partial charge in [-0.1, -0.05) is 36.9 Å². The fourth-order valence-electron chi connectivity index (χ4n) is 3.82. The number of nitrogens with one attached hydrogen (secondary N) is 1. The summed E-state index contributed by atoms with van der Waals surface area (Å²) in [6.45, 7) is 7.84. The van der Waals surface area contributed by atoms with Gasteiger partial charge in [0.15, 0.2) is 11.0 Å². The number of ether oxygens (including phenoxy) is 1. The van der Waals surface area contributed by atoms with Gasteiger partial charge in [0.2, 0.25) is 5.91 Å². The molecule has 0 aliphatic heterocycles. The Morgan fingerprint density at radius 2 is 1.97 bits per heavy atom. The molecule has 1 aromatic carbocycles. The number of nitrogens with zero attached hydrogens (tertiary/aromatic N) is 3. The number of hydrogen-bond donors (Lipinski definition) is 2. The van der Waals surface area contributed by atoms with E-state index in [1.807, 2.05) is 16.7 Å². The Morgan fingerprint density at radius 1 is 1.22 bits per heavy atom. The van der Waals surface area contributed by atoms with E-state index in [2.05, 4.69) is 40.0 Å². The summed E-state index contributed by atoms with van der Waals surface area (Å²) in [5.74, 6) is -0.838. The topological polar surface area (TPSA) is 129 Å². The molecule has 0 atom stereocenters. The van der Waals surface area contributed by atoms with Crippen molar-refractivity contribution in [2.45, 2.75) is 51.9 Å². The zero-order valence-corrected chi connectivity index (χ0v) is 23.3. The number of esters is 1. The molecule has 0 spiro atoms. The van der Waals surface area contributed by atoms with E-state index in [1.54, 1.807) is 32.1 Å². The van der Waals surface area contributed by atoms with E-state index < -0.39 is 11.9 Å². The maximum atomic E-state index is 12.9. The molecule has 0 radical (unpaired) electrons. The van der Waals surface area contributed by atoms with Crippen molar-refractivity contribution in [3.05, 3.63) is 45.6 Å². The van der Waals surface area contributed by atoms with Gasteiger partial charge in [0.05, 0.1) is 22.3 Å². The molecule has 0 saturated heterocycles. The average Bonchev–Trinajstić information content (AvgIpc) is 3.52.